The van der Waals surface area contributed by atoms with E-state index in [1.165, 1.54) is 4.68 Å². The quantitative estimate of drug-likeness (QED) is 0.772. The third kappa shape index (κ3) is 2.69. The van der Waals surface area contributed by atoms with E-state index in [1.807, 2.05) is 0 Å². The molecular formula is C6H10BrN5O. The number of carbonyl (C=O) groups is 1. The van der Waals surface area contributed by atoms with Crippen molar-refractivity contribution in [3.05, 3.63) is 4.73 Å². The number of nitrogen functional groups attached to an aromatic ring is 1. The van der Waals surface area contributed by atoms with Gasteiger partial charge >= 0.3 is 0 Å². The smallest absolute Gasteiger partial charge is 0.240 e. The number of nitrogens with two attached hydrogens (primary N) is 1. The van der Waals surface area contributed by atoms with Gasteiger partial charge < -0.3 is 11.1 Å². The van der Waals surface area contributed by atoms with Gasteiger partial charge in [-0.1, -0.05) is 0 Å². The number of anilines is 1. The maximum Gasteiger partial charge on any atom is 0.240 e. The molecule has 1 aromatic rings. The van der Waals surface area contributed by atoms with Crippen molar-refractivity contribution in [1.82, 2.24) is 20.1 Å². The Morgan fingerprint density at radius 2 is 2.46 bits per heavy atom. The van der Waals surface area contributed by atoms with Crippen LogP contribution in [0.15, 0.2) is 4.73 Å². The van der Waals surface area contributed by atoms with Crippen LogP contribution in [-0.2, 0) is 11.3 Å². The molecule has 13 heavy (non-hydrogen) atoms. The van der Waals surface area contributed by atoms with Gasteiger partial charge in [0.1, 0.15) is 0 Å². The van der Waals surface area contributed by atoms with Gasteiger partial charge in [-0.15, -0.1) is 5.10 Å². The van der Waals surface area contributed by atoms with E-state index in [1.54, 1.807) is 7.05 Å². The van der Waals surface area contributed by atoms with Gasteiger partial charge in [-0.05, 0) is 15.9 Å². The number of amides is 1. The van der Waals surface area contributed by atoms with Crippen molar-refractivity contribution in [2.75, 3.05) is 12.8 Å². The van der Waals surface area contributed by atoms with Crippen LogP contribution in [0.25, 0.3) is 0 Å². The van der Waals surface area contributed by atoms with Crippen LogP contribution in [0.1, 0.15) is 6.42 Å². The third-order valence-corrected chi connectivity index (χ3v) is 2.06. The van der Waals surface area contributed by atoms with Gasteiger partial charge in [-0.25, -0.2) is 4.68 Å². The van der Waals surface area contributed by atoms with Gasteiger partial charge in [-0.3, -0.25) is 4.79 Å². The molecule has 0 spiro atoms. The fraction of sp³-hybridized carbons (Fsp3) is 0.500. The largest absolute Gasteiger partial charge is 0.366 e. The molecule has 7 heteroatoms. The minimum absolute atomic E-state index is 0.0408. The van der Waals surface area contributed by atoms with Gasteiger partial charge in [0.05, 0.1) is 6.54 Å². The Morgan fingerprint density at radius 3 is 2.92 bits per heavy atom. The number of carbonyl (C=O) groups excluding carboxylic acids is 1. The predicted octanol–water partition coefficient (Wildman–Crippen LogP) is -0.241. The van der Waals surface area contributed by atoms with E-state index in [0.29, 0.717) is 17.7 Å². The molecule has 0 aliphatic carbocycles. The average Bonchev–Trinajstić information content (AvgIpc) is 2.41. The first-order chi connectivity index (χ1) is 6.13. The topological polar surface area (TPSA) is 85.8 Å². The summed E-state index contributed by atoms with van der Waals surface area (Å²) in [7, 11) is 1.59. The highest BCUT2D eigenvalue weighted by Gasteiger charge is 2.05. The Bertz CT molecular complexity index is 310. The van der Waals surface area contributed by atoms with Crippen molar-refractivity contribution >= 4 is 27.8 Å². The van der Waals surface area contributed by atoms with Crippen LogP contribution in [0.5, 0.6) is 0 Å². The van der Waals surface area contributed by atoms with E-state index in [9.17, 15) is 4.79 Å². The van der Waals surface area contributed by atoms with Crippen molar-refractivity contribution in [3.63, 3.8) is 0 Å². The molecule has 1 heterocycles. The van der Waals surface area contributed by atoms with Crippen LogP contribution in [0, 0.1) is 0 Å². The summed E-state index contributed by atoms with van der Waals surface area (Å²) in [6.07, 6.45) is 0.359. The molecule has 6 nitrogen and oxygen atoms in total. The summed E-state index contributed by atoms with van der Waals surface area (Å²) in [5, 5.41) is 6.39. The van der Waals surface area contributed by atoms with E-state index in [4.69, 9.17) is 5.73 Å². The third-order valence-electron chi connectivity index (χ3n) is 1.47. The highest BCUT2D eigenvalue weighted by molar-refractivity contribution is 9.10. The first-order valence-corrected chi connectivity index (χ1v) is 4.49. The van der Waals surface area contributed by atoms with E-state index in [0.717, 1.165) is 0 Å². The maximum absolute atomic E-state index is 10.9. The van der Waals surface area contributed by atoms with Gasteiger partial charge in [0.25, 0.3) is 0 Å². The zero-order chi connectivity index (χ0) is 9.84. The molecule has 0 aliphatic heterocycles. The van der Waals surface area contributed by atoms with Gasteiger partial charge in [0, 0.05) is 13.5 Å². The van der Waals surface area contributed by atoms with Crippen molar-refractivity contribution in [2.45, 2.75) is 13.0 Å². The molecule has 0 unspecified atom stereocenters. The second kappa shape index (κ2) is 4.22. The molecule has 3 N–H and O–H groups in total. The number of rotatable bonds is 3. The molecule has 1 amide bonds. The SMILES string of the molecule is CNC(=O)CCn1nc(N)nc1Br. The summed E-state index contributed by atoms with van der Waals surface area (Å²) in [4.78, 5) is 14.7. The first-order valence-electron chi connectivity index (χ1n) is 3.70. The van der Waals surface area contributed by atoms with Crippen LogP contribution in [0.4, 0.5) is 5.95 Å². The highest BCUT2D eigenvalue weighted by Crippen LogP contribution is 2.07. The van der Waals surface area contributed by atoms with Crippen LogP contribution < -0.4 is 11.1 Å². The number of aryl methyl sites for hydroxylation is 1. The van der Waals surface area contributed by atoms with E-state index < -0.39 is 0 Å². The summed E-state index contributed by atoms with van der Waals surface area (Å²) < 4.78 is 2.07. The Labute approximate surface area is 83.6 Å². The Kier molecular flexibility index (Phi) is 3.24. The molecule has 0 fully saturated rings. The normalized spacial score (nSPS) is 10.0. The molecule has 1 aromatic heterocycles. The molecule has 0 radical (unpaired) electrons. The van der Waals surface area contributed by atoms with Crippen LogP contribution >= 0.6 is 15.9 Å². The van der Waals surface area contributed by atoms with Crippen molar-refractivity contribution in [2.24, 2.45) is 0 Å². The van der Waals surface area contributed by atoms with Gasteiger partial charge in [0.2, 0.25) is 11.9 Å². The fourth-order valence-electron chi connectivity index (χ4n) is 0.814. The molecule has 0 atom stereocenters. The number of aromatic nitrogens is 3. The summed E-state index contributed by atoms with van der Waals surface area (Å²) in [5.41, 5.74) is 5.34. The average molecular weight is 248 g/mol. The standard InChI is InChI=1S/C6H10BrN5O/c1-9-4(13)2-3-12-5(7)10-6(8)11-12/h2-3H2,1H3,(H2,8,11)(H,9,13). The zero-order valence-electron chi connectivity index (χ0n) is 7.12. The van der Waals surface area contributed by atoms with Crippen LogP contribution in [-0.4, -0.2) is 27.7 Å². The minimum atomic E-state index is -0.0408. The lowest BCUT2D eigenvalue weighted by atomic mass is 10.4. The first kappa shape index (κ1) is 9.97. The number of nitrogens with one attached hydrogen (secondary N) is 1. The van der Waals surface area contributed by atoms with Crippen LogP contribution in [0.2, 0.25) is 0 Å². The number of hydrogen-bond acceptors (Lipinski definition) is 4. The molecule has 1 rings (SSSR count). The van der Waals surface area contributed by atoms with Gasteiger partial charge in [0.15, 0.2) is 4.73 Å². The number of halogens is 1. The Balaban J connectivity index is 2.54. The molecule has 0 aliphatic rings. The van der Waals surface area contributed by atoms with Crippen molar-refractivity contribution in [3.8, 4) is 0 Å². The number of nitrogens with zero attached hydrogens (tertiary/aromatic N) is 3. The molecule has 0 aromatic carbocycles. The lowest BCUT2D eigenvalue weighted by Gasteiger charge is -2.00. The van der Waals surface area contributed by atoms with Crippen molar-refractivity contribution < 1.29 is 4.79 Å². The molecule has 72 valence electrons. The maximum atomic E-state index is 10.9. The molecule has 0 bridgehead atoms. The minimum Gasteiger partial charge on any atom is -0.366 e. The second-order valence-electron chi connectivity index (χ2n) is 2.39. The lowest BCUT2D eigenvalue weighted by Crippen LogP contribution is -2.19. The molecule has 0 saturated carbocycles. The second-order valence-corrected chi connectivity index (χ2v) is 3.09. The molecule has 0 saturated heterocycles. The van der Waals surface area contributed by atoms with Crippen LogP contribution in [0.3, 0.4) is 0 Å². The summed E-state index contributed by atoms with van der Waals surface area (Å²) in [5.74, 6) is 0.157. The summed E-state index contributed by atoms with van der Waals surface area (Å²) in [6, 6.07) is 0. The monoisotopic (exact) mass is 247 g/mol. The summed E-state index contributed by atoms with van der Waals surface area (Å²) in [6.45, 7) is 0.463. The van der Waals surface area contributed by atoms with Crippen molar-refractivity contribution in [1.29, 1.82) is 0 Å². The highest BCUT2D eigenvalue weighted by atomic mass is 79.9. The van der Waals surface area contributed by atoms with Gasteiger partial charge in [-0.2, -0.15) is 4.98 Å². The fourth-order valence-corrected chi connectivity index (χ4v) is 1.25. The zero-order valence-corrected chi connectivity index (χ0v) is 8.71. The lowest BCUT2D eigenvalue weighted by molar-refractivity contribution is -0.120. The Hall–Kier alpha value is -1.11. The summed E-state index contributed by atoms with van der Waals surface area (Å²) >= 11 is 3.17. The van der Waals surface area contributed by atoms with E-state index in [-0.39, 0.29) is 11.9 Å². The number of hydrogen-bond donors (Lipinski definition) is 2. The molecular weight excluding hydrogens is 238 g/mol. The Morgan fingerprint density at radius 1 is 1.77 bits per heavy atom. The van der Waals surface area contributed by atoms with E-state index >= 15 is 0 Å². The predicted molar refractivity (Wildman–Crippen MR) is 50.8 cm³/mol. The van der Waals surface area contributed by atoms with E-state index in [2.05, 4.69) is 31.3 Å².